The maximum Gasteiger partial charge on any atom is 0.0513 e. The standard InChI is InChI=1S/C18H21ClN2.CH4/c1-4-21(5-2)12(3)14-7-6-8-15-16-11-13(19)9-10-17(16)20-18(14)15;/h6-12,20H,4-5H2,1-3H3;1H4. The molecule has 1 aromatic heterocycles. The van der Waals surface area contributed by atoms with Crippen LogP contribution in [0.4, 0.5) is 0 Å². The predicted octanol–water partition coefficient (Wildman–Crippen LogP) is 6.01. The van der Waals surface area contributed by atoms with Crippen molar-refractivity contribution in [2.75, 3.05) is 13.1 Å². The maximum absolute atomic E-state index is 6.15. The molecule has 0 saturated heterocycles. The summed E-state index contributed by atoms with van der Waals surface area (Å²) in [6, 6.07) is 13.0. The van der Waals surface area contributed by atoms with Gasteiger partial charge in [-0.3, -0.25) is 4.90 Å². The van der Waals surface area contributed by atoms with Crippen LogP contribution in [0.5, 0.6) is 0 Å². The molecule has 3 aromatic rings. The third-order valence-corrected chi connectivity index (χ3v) is 4.67. The summed E-state index contributed by atoms with van der Waals surface area (Å²) in [5.74, 6) is 0. The first-order valence-corrected chi connectivity index (χ1v) is 7.97. The molecule has 2 aromatic carbocycles. The molecule has 0 fully saturated rings. The van der Waals surface area contributed by atoms with Crippen LogP contribution in [-0.2, 0) is 0 Å². The molecule has 0 aliphatic carbocycles. The largest absolute Gasteiger partial charge is 0.354 e. The van der Waals surface area contributed by atoms with Gasteiger partial charge in [-0.15, -0.1) is 0 Å². The van der Waals surface area contributed by atoms with Gasteiger partial charge in [0.25, 0.3) is 0 Å². The monoisotopic (exact) mass is 316 g/mol. The van der Waals surface area contributed by atoms with E-state index in [-0.39, 0.29) is 7.43 Å². The van der Waals surface area contributed by atoms with E-state index in [0.717, 1.165) is 23.6 Å². The fraction of sp³-hybridized carbons (Fsp3) is 0.368. The number of benzene rings is 2. The van der Waals surface area contributed by atoms with Gasteiger partial charge in [-0.1, -0.05) is 51.1 Å². The summed E-state index contributed by atoms with van der Waals surface area (Å²) in [5, 5.41) is 3.24. The van der Waals surface area contributed by atoms with E-state index in [9.17, 15) is 0 Å². The summed E-state index contributed by atoms with van der Waals surface area (Å²) in [7, 11) is 0. The predicted molar refractivity (Wildman–Crippen MR) is 98.9 cm³/mol. The van der Waals surface area contributed by atoms with Crippen LogP contribution < -0.4 is 0 Å². The molecule has 2 nitrogen and oxygen atoms in total. The molecule has 3 rings (SSSR count). The van der Waals surface area contributed by atoms with Crippen molar-refractivity contribution in [2.45, 2.75) is 34.2 Å². The highest BCUT2D eigenvalue weighted by Gasteiger charge is 2.17. The molecule has 0 bridgehead atoms. The Morgan fingerprint density at radius 2 is 1.82 bits per heavy atom. The smallest absolute Gasteiger partial charge is 0.0513 e. The SMILES string of the molecule is C.CCN(CC)C(C)c1cccc2c1[nH]c1ccc(Cl)cc12. The third kappa shape index (κ3) is 2.73. The number of rotatable bonds is 4. The number of aromatic nitrogens is 1. The van der Waals surface area contributed by atoms with Crippen molar-refractivity contribution in [3.8, 4) is 0 Å². The molecule has 1 N–H and O–H groups in total. The Labute approximate surface area is 138 Å². The van der Waals surface area contributed by atoms with E-state index in [1.54, 1.807) is 0 Å². The lowest BCUT2D eigenvalue weighted by Crippen LogP contribution is -2.26. The summed E-state index contributed by atoms with van der Waals surface area (Å²) in [4.78, 5) is 6.04. The Kier molecular flexibility index (Phi) is 5.15. The van der Waals surface area contributed by atoms with E-state index >= 15 is 0 Å². The van der Waals surface area contributed by atoms with E-state index in [1.165, 1.54) is 21.9 Å². The number of nitrogens with one attached hydrogen (secondary N) is 1. The van der Waals surface area contributed by atoms with Gasteiger partial charge in [-0.05, 0) is 43.8 Å². The molecular formula is C19H25ClN2. The number of nitrogens with zero attached hydrogens (tertiary/aromatic N) is 1. The molecular weight excluding hydrogens is 292 g/mol. The van der Waals surface area contributed by atoms with Gasteiger partial charge < -0.3 is 4.98 Å². The van der Waals surface area contributed by atoms with Crippen LogP contribution in [0.2, 0.25) is 5.02 Å². The normalized spacial score (nSPS) is 12.8. The van der Waals surface area contributed by atoms with Crippen LogP contribution in [0.15, 0.2) is 36.4 Å². The molecule has 1 atom stereocenters. The van der Waals surface area contributed by atoms with E-state index in [2.05, 4.69) is 54.9 Å². The van der Waals surface area contributed by atoms with Crippen molar-refractivity contribution < 1.29 is 0 Å². The minimum absolute atomic E-state index is 0. The van der Waals surface area contributed by atoms with Crippen LogP contribution in [0.1, 0.15) is 39.8 Å². The summed E-state index contributed by atoms with van der Waals surface area (Å²) in [5.41, 5.74) is 3.73. The topological polar surface area (TPSA) is 19.0 Å². The Morgan fingerprint density at radius 1 is 1.09 bits per heavy atom. The Hall–Kier alpha value is -1.51. The lowest BCUT2D eigenvalue weighted by molar-refractivity contribution is 0.235. The number of halogens is 1. The van der Waals surface area contributed by atoms with Crippen molar-refractivity contribution >= 4 is 33.4 Å². The summed E-state index contributed by atoms with van der Waals surface area (Å²) >= 11 is 6.15. The quantitative estimate of drug-likeness (QED) is 0.624. The molecule has 0 amide bonds. The molecule has 1 unspecified atom stereocenters. The Bertz CT molecular complexity index is 772. The zero-order valence-electron chi connectivity index (χ0n) is 12.8. The average Bonchev–Trinajstić information content (AvgIpc) is 2.86. The van der Waals surface area contributed by atoms with Crippen molar-refractivity contribution in [1.29, 1.82) is 0 Å². The van der Waals surface area contributed by atoms with Gasteiger partial charge in [-0.2, -0.15) is 0 Å². The lowest BCUT2D eigenvalue weighted by atomic mass is 10.0. The first-order chi connectivity index (χ1) is 10.2. The van der Waals surface area contributed by atoms with E-state index in [0.29, 0.717) is 6.04 Å². The average molecular weight is 317 g/mol. The second-order valence-electron chi connectivity index (χ2n) is 5.48. The first kappa shape index (κ1) is 16.9. The number of H-pyrrole nitrogens is 1. The van der Waals surface area contributed by atoms with Crippen molar-refractivity contribution in [2.24, 2.45) is 0 Å². The van der Waals surface area contributed by atoms with Gasteiger partial charge in [-0.25, -0.2) is 0 Å². The van der Waals surface area contributed by atoms with Crippen LogP contribution in [-0.4, -0.2) is 23.0 Å². The number of hydrogen-bond donors (Lipinski definition) is 1. The van der Waals surface area contributed by atoms with Crippen LogP contribution in [0.3, 0.4) is 0 Å². The second-order valence-corrected chi connectivity index (χ2v) is 5.92. The molecule has 3 heteroatoms. The minimum atomic E-state index is 0. The molecule has 0 saturated carbocycles. The highest BCUT2D eigenvalue weighted by Crippen LogP contribution is 2.33. The molecule has 0 spiro atoms. The van der Waals surface area contributed by atoms with Gasteiger partial charge in [0, 0.05) is 27.4 Å². The molecule has 22 heavy (non-hydrogen) atoms. The fourth-order valence-electron chi connectivity index (χ4n) is 3.23. The van der Waals surface area contributed by atoms with Gasteiger partial charge in [0.1, 0.15) is 0 Å². The zero-order valence-corrected chi connectivity index (χ0v) is 13.5. The highest BCUT2D eigenvalue weighted by atomic mass is 35.5. The maximum atomic E-state index is 6.15. The van der Waals surface area contributed by atoms with Crippen LogP contribution in [0.25, 0.3) is 21.8 Å². The number of hydrogen-bond acceptors (Lipinski definition) is 1. The van der Waals surface area contributed by atoms with Crippen molar-refractivity contribution in [3.05, 3.63) is 47.0 Å². The van der Waals surface area contributed by atoms with E-state index in [4.69, 9.17) is 11.6 Å². The number of aromatic amines is 1. The molecule has 118 valence electrons. The second kappa shape index (κ2) is 6.72. The van der Waals surface area contributed by atoms with E-state index < -0.39 is 0 Å². The highest BCUT2D eigenvalue weighted by molar-refractivity contribution is 6.31. The van der Waals surface area contributed by atoms with Gasteiger partial charge >= 0.3 is 0 Å². The zero-order chi connectivity index (χ0) is 15.0. The van der Waals surface area contributed by atoms with Crippen molar-refractivity contribution in [3.63, 3.8) is 0 Å². The summed E-state index contributed by atoms with van der Waals surface area (Å²) in [6.07, 6.45) is 0. The van der Waals surface area contributed by atoms with Gasteiger partial charge in [0.15, 0.2) is 0 Å². The summed E-state index contributed by atoms with van der Waals surface area (Å²) < 4.78 is 0. The molecule has 0 aliphatic rings. The fourth-order valence-corrected chi connectivity index (χ4v) is 3.41. The first-order valence-electron chi connectivity index (χ1n) is 7.59. The van der Waals surface area contributed by atoms with Gasteiger partial charge in [0.2, 0.25) is 0 Å². The minimum Gasteiger partial charge on any atom is -0.354 e. The van der Waals surface area contributed by atoms with E-state index in [1.807, 2.05) is 12.1 Å². The Balaban J connectivity index is 0.00000176. The molecule has 1 heterocycles. The Morgan fingerprint density at radius 3 is 2.50 bits per heavy atom. The van der Waals surface area contributed by atoms with Crippen LogP contribution >= 0.6 is 11.6 Å². The van der Waals surface area contributed by atoms with Crippen molar-refractivity contribution in [1.82, 2.24) is 9.88 Å². The number of para-hydroxylation sites is 1. The lowest BCUT2D eigenvalue weighted by Gasteiger charge is -2.27. The number of fused-ring (bicyclic) bond motifs is 3. The van der Waals surface area contributed by atoms with Gasteiger partial charge in [0.05, 0.1) is 5.52 Å². The third-order valence-electron chi connectivity index (χ3n) is 4.44. The molecule has 0 radical (unpaired) electrons. The van der Waals surface area contributed by atoms with Crippen LogP contribution in [0, 0.1) is 0 Å². The summed E-state index contributed by atoms with van der Waals surface area (Å²) in [6.45, 7) is 8.82. The molecule has 0 aliphatic heterocycles.